The van der Waals surface area contributed by atoms with Crippen LogP contribution in [0.25, 0.3) is 0 Å². The third kappa shape index (κ3) is 3.99. The summed E-state index contributed by atoms with van der Waals surface area (Å²) in [6.45, 7) is 2.46. The van der Waals surface area contributed by atoms with E-state index < -0.39 is 4.92 Å². The van der Waals surface area contributed by atoms with Gasteiger partial charge in [0.15, 0.2) is 5.02 Å². The molecule has 9 nitrogen and oxygen atoms in total. The molecule has 4 saturated carbocycles. The second-order valence-corrected chi connectivity index (χ2v) is 11.6. The second kappa shape index (κ2) is 8.44. The summed E-state index contributed by atoms with van der Waals surface area (Å²) >= 11 is 6.31. The number of benzene rings is 1. The summed E-state index contributed by atoms with van der Waals surface area (Å²) < 4.78 is 3.66. The van der Waals surface area contributed by atoms with Crippen molar-refractivity contribution < 1.29 is 9.72 Å². The van der Waals surface area contributed by atoms with Gasteiger partial charge >= 0.3 is 5.82 Å². The minimum atomic E-state index is -0.506. The Balaban J connectivity index is 1.20. The Morgan fingerprint density at radius 3 is 2.61 bits per heavy atom. The molecule has 1 amide bonds. The Kier molecular flexibility index (Phi) is 5.44. The van der Waals surface area contributed by atoms with E-state index in [0.29, 0.717) is 36.2 Å². The highest BCUT2D eigenvalue weighted by atomic mass is 35.5. The Morgan fingerprint density at radius 1 is 1.22 bits per heavy atom. The lowest BCUT2D eigenvalue weighted by Crippen LogP contribution is -2.57. The second-order valence-electron chi connectivity index (χ2n) is 11.2. The fourth-order valence-electron chi connectivity index (χ4n) is 7.73. The van der Waals surface area contributed by atoms with E-state index in [0.717, 1.165) is 44.1 Å². The van der Waals surface area contributed by atoms with Crippen LogP contribution in [0.4, 0.5) is 11.5 Å². The third-order valence-electron chi connectivity index (χ3n) is 8.44. The molecule has 10 heteroatoms. The van der Waals surface area contributed by atoms with Gasteiger partial charge in [-0.1, -0.05) is 41.9 Å². The number of nitro groups is 1. The molecule has 4 aliphatic rings. The molecule has 3 aromatic rings. The first-order valence-electron chi connectivity index (χ1n) is 12.5. The van der Waals surface area contributed by atoms with Crippen molar-refractivity contribution in [2.75, 3.05) is 5.32 Å². The number of hydrogen-bond acceptors (Lipinski definition) is 5. The van der Waals surface area contributed by atoms with E-state index in [2.05, 4.69) is 15.5 Å². The third-order valence-corrected chi connectivity index (χ3v) is 8.88. The van der Waals surface area contributed by atoms with E-state index in [1.165, 1.54) is 0 Å². The van der Waals surface area contributed by atoms with Crippen molar-refractivity contribution in [2.45, 2.75) is 64.0 Å². The smallest absolute Gasteiger partial charge is 0.358 e. The Morgan fingerprint density at radius 2 is 1.94 bits per heavy atom. The number of nitrogens with zero attached hydrogens (tertiary/aromatic N) is 5. The van der Waals surface area contributed by atoms with Crippen molar-refractivity contribution in [3.63, 3.8) is 0 Å². The molecule has 2 unspecified atom stereocenters. The Labute approximate surface area is 214 Å². The quantitative estimate of drug-likeness (QED) is 0.343. The highest BCUT2D eigenvalue weighted by Crippen LogP contribution is 2.65. The van der Waals surface area contributed by atoms with Gasteiger partial charge in [-0.05, 0) is 73.2 Å². The lowest BCUT2D eigenvalue weighted by molar-refractivity contribution is -0.389. The topological polar surface area (TPSA) is 108 Å². The van der Waals surface area contributed by atoms with Crippen LogP contribution in [0.1, 0.15) is 56.2 Å². The van der Waals surface area contributed by atoms with Crippen LogP contribution in [0.3, 0.4) is 0 Å². The zero-order valence-electron chi connectivity index (χ0n) is 20.2. The number of carbonyl (C=O) groups is 1. The van der Waals surface area contributed by atoms with Crippen LogP contribution in [-0.4, -0.2) is 30.4 Å². The number of aromatic nitrogens is 4. The first-order valence-corrected chi connectivity index (χ1v) is 12.9. The first-order chi connectivity index (χ1) is 17.2. The number of halogens is 1. The molecule has 2 heterocycles. The van der Waals surface area contributed by atoms with Crippen LogP contribution in [0.5, 0.6) is 0 Å². The molecule has 0 aliphatic heterocycles. The molecule has 188 valence electrons. The van der Waals surface area contributed by atoms with Gasteiger partial charge in [0, 0.05) is 12.6 Å². The van der Waals surface area contributed by atoms with Crippen LogP contribution in [0, 0.1) is 34.3 Å². The van der Waals surface area contributed by atoms with Crippen molar-refractivity contribution >= 4 is 29.0 Å². The van der Waals surface area contributed by atoms with Crippen LogP contribution in [0.15, 0.2) is 42.7 Å². The Hall–Kier alpha value is -3.20. The van der Waals surface area contributed by atoms with Crippen molar-refractivity contribution in [1.82, 2.24) is 19.6 Å². The van der Waals surface area contributed by atoms with E-state index in [1.54, 1.807) is 6.20 Å². The lowest BCUT2D eigenvalue weighted by Gasteiger charge is -2.61. The predicted molar refractivity (Wildman–Crippen MR) is 135 cm³/mol. The summed E-state index contributed by atoms with van der Waals surface area (Å²) in [6.07, 6.45) is 9.85. The molecule has 4 fully saturated rings. The van der Waals surface area contributed by atoms with Crippen LogP contribution >= 0.6 is 11.6 Å². The fraction of sp³-hybridized carbons (Fsp3) is 0.500. The van der Waals surface area contributed by atoms with Crippen LogP contribution in [-0.2, 0) is 16.9 Å². The Bertz CT molecular complexity index is 1320. The van der Waals surface area contributed by atoms with E-state index in [4.69, 9.17) is 11.6 Å². The zero-order valence-corrected chi connectivity index (χ0v) is 20.9. The highest BCUT2D eigenvalue weighted by molar-refractivity contribution is 6.33. The van der Waals surface area contributed by atoms with Gasteiger partial charge in [-0.3, -0.25) is 9.48 Å². The summed E-state index contributed by atoms with van der Waals surface area (Å²) in [5.74, 6) is 0.708. The zero-order chi connectivity index (χ0) is 25.1. The number of rotatable bonds is 7. The summed E-state index contributed by atoms with van der Waals surface area (Å²) in [4.78, 5) is 24.2. The number of carbonyl (C=O) groups excluding carboxylic acids is 1. The molecule has 2 aromatic heterocycles. The predicted octanol–water partition coefficient (Wildman–Crippen LogP) is 5.32. The molecule has 36 heavy (non-hydrogen) atoms. The number of hydrogen-bond donors (Lipinski definition) is 1. The van der Waals surface area contributed by atoms with Gasteiger partial charge in [-0.2, -0.15) is 9.78 Å². The van der Waals surface area contributed by atoms with Gasteiger partial charge in [0.2, 0.25) is 5.91 Å². The lowest BCUT2D eigenvalue weighted by atomic mass is 9.46. The monoisotopic (exact) mass is 508 g/mol. The number of amides is 1. The molecular weight excluding hydrogens is 480 g/mol. The molecule has 0 spiro atoms. The van der Waals surface area contributed by atoms with Crippen molar-refractivity contribution in [3.05, 3.63) is 69.1 Å². The van der Waals surface area contributed by atoms with E-state index >= 15 is 0 Å². The maximum Gasteiger partial charge on any atom is 0.408 e. The van der Waals surface area contributed by atoms with Gasteiger partial charge < -0.3 is 15.4 Å². The van der Waals surface area contributed by atoms with E-state index in [9.17, 15) is 14.9 Å². The van der Waals surface area contributed by atoms with Gasteiger partial charge in [0.25, 0.3) is 0 Å². The molecule has 0 radical (unpaired) electrons. The van der Waals surface area contributed by atoms with E-state index in [-0.39, 0.29) is 27.7 Å². The molecule has 7 rings (SSSR count). The minimum Gasteiger partial charge on any atom is -0.358 e. The number of anilines is 1. The van der Waals surface area contributed by atoms with Gasteiger partial charge in [-0.15, -0.1) is 0 Å². The largest absolute Gasteiger partial charge is 0.408 e. The maximum atomic E-state index is 13.2. The molecule has 0 saturated heterocycles. The molecule has 4 aliphatic carbocycles. The van der Waals surface area contributed by atoms with Gasteiger partial charge in [0.1, 0.15) is 0 Å². The first kappa shape index (κ1) is 23.2. The summed E-state index contributed by atoms with van der Waals surface area (Å²) in [6, 6.07) is 10.1. The normalized spacial score (nSPS) is 28.4. The van der Waals surface area contributed by atoms with Crippen LogP contribution < -0.4 is 5.32 Å². The molecule has 1 aromatic carbocycles. The number of nitrogens with one attached hydrogen (secondary N) is 1. The average Bonchev–Trinajstić information content (AvgIpc) is 3.37. The molecular formula is C26H29ClN6O3. The summed E-state index contributed by atoms with van der Waals surface area (Å²) in [7, 11) is 0. The average molecular weight is 509 g/mol. The minimum absolute atomic E-state index is 0.00689. The van der Waals surface area contributed by atoms with Crippen molar-refractivity contribution in [2.24, 2.45) is 17.3 Å². The summed E-state index contributed by atoms with van der Waals surface area (Å²) in [5, 5.41) is 23.5. The van der Waals surface area contributed by atoms with Gasteiger partial charge in [0.05, 0.1) is 34.8 Å². The van der Waals surface area contributed by atoms with E-state index in [1.807, 2.05) is 52.8 Å². The van der Waals surface area contributed by atoms with Gasteiger partial charge in [-0.25, -0.2) is 0 Å². The van der Waals surface area contributed by atoms with Crippen molar-refractivity contribution in [3.8, 4) is 0 Å². The summed E-state index contributed by atoms with van der Waals surface area (Å²) in [5.41, 5.74) is 2.05. The standard InChI is InChI=1S/C26H29ClN6O3/c1-17-23(27)24(33(35)36)30-32(17)26-10-19-7-20(11-26)9-25(8-19,16-26)12-22(34)29-21-13-28-31(15-21)14-18-5-3-2-4-6-18/h2-6,13,15,19-20H,7-12,14,16H2,1H3,(H,29,34). The fourth-order valence-corrected chi connectivity index (χ4v) is 7.92. The molecule has 4 bridgehead atoms. The maximum absolute atomic E-state index is 13.2. The molecule has 1 N–H and O–H groups in total. The highest BCUT2D eigenvalue weighted by Gasteiger charge is 2.60. The SMILES string of the molecule is Cc1c(Cl)c([N+](=O)[O-])nn1C12CC3CC(CC(CC(=O)Nc4cnn(Cc5ccccc5)c4)(C3)C1)C2. The van der Waals surface area contributed by atoms with Crippen molar-refractivity contribution in [1.29, 1.82) is 0 Å². The molecule has 2 atom stereocenters. The van der Waals surface area contributed by atoms with Crippen LogP contribution in [0.2, 0.25) is 5.02 Å².